The maximum atomic E-state index is 12.2. The first-order chi connectivity index (χ1) is 9.06. The van der Waals surface area contributed by atoms with Crippen LogP contribution in [0.4, 0.5) is 0 Å². The van der Waals surface area contributed by atoms with E-state index in [1.807, 2.05) is 18.4 Å². The van der Waals surface area contributed by atoms with E-state index >= 15 is 0 Å². The third kappa shape index (κ3) is 2.39. The van der Waals surface area contributed by atoms with Crippen molar-refractivity contribution in [3.8, 4) is 5.69 Å². The van der Waals surface area contributed by atoms with Crippen molar-refractivity contribution in [1.82, 2.24) is 9.55 Å². The molecule has 0 fully saturated rings. The van der Waals surface area contributed by atoms with Crippen LogP contribution in [0.3, 0.4) is 0 Å². The summed E-state index contributed by atoms with van der Waals surface area (Å²) in [6, 6.07) is 7.05. The molecule has 98 valence electrons. The normalized spacial score (nSPS) is 10.4. The summed E-state index contributed by atoms with van der Waals surface area (Å²) in [7, 11) is 0. The molecule has 1 N–H and O–H groups in total. The lowest BCUT2D eigenvalue weighted by Gasteiger charge is -2.09. The molecular weight excluding hydrogens is 264 g/mol. The molecule has 5 nitrogen and oxygen atoms in total. The summed E-state index contributed by atoms with van der Waals surface area (Å²) < 4.78 is 0.989. The minimum atomic E-state index is -0.599. The highest BCUT2D eigenvalue weighted by Gasteiger charge is 2.14. The van der Waals surface area contributed by atoms with Gasteiger partial charge in [0.05, 0.1) is 11.3 Å². The van der Waals surface area contributed by atoms with Gasteiger partial charge >= 0.3 is 5.69 Å². The Morgan fingerprint density at radius 2 is 1.95 bits per heavy atom. The van der Waals surface area contributed by atoms with Crippen LogP contribution in [0, 0.1) is 0 Å². The molecule has 0 bridgehead atoms. The van der Waals surface area contributed by atoms with Gasteiger partial charge in [0.15, 0.2) is 5.78 Å². The molecule has 0 amide bonds. The van der Waals surface area contributed by atoms with E-state index < -0.39 is 11.2 Å². The lowest BCUT2D eigenvalue weighted by atomic mass is 10.2. The second kappa shape index (κ2) is 5.27. The average Bonchev–Trinajstić information content (AvgIpc) is 2.39. The monoisotopic (exact) mass is 276 g/mol. The summed E-state index contributed by atoms with van der Waals surface area (Å²) in [5.41, 5.74) is -0.714. The van der Waals surface area contributed by atoms with E-state index in [9.17, 15) is 14.4 Å². The van der Waals surface area contributed by atoms with Crippen molar-refractivity contribution in [1.29, 1.82) is 0 Å². The number of para-hydroxylation sites is 1. The third-order valence-electron chi connectivity index (χ3n) is 2.68. The summed E-state index contributed by atoms with van der Waals surface area (Å²) in [5.74, 6) is -0.378. The lowest BCUT2D eigenvalue weighted by molar-refractivity contribution is 0.101. The van der Waals surface area contributed by atoms with Crippen molar-refractivity contribution >= 4 is 17.5 Å². The number of nitrogens with zero attached hydrogens (tertiary/aromatic N) is 1. The van der Waals surface area contributed by atoms with E-state index in [-0.39, 0.29) is 11.3 Å². The summed E-state index contributed by atoms with van der Waals surface area (Å²) in [6.45, 7) is 1.29. The van der Waals surface area contributed by atoms with E-state index in [0.717, 1.165) is 15.7 Å². The number of H-pyrrole nitrogens is 1. The predicted molar refractivity (Wildman–Crippen MR) is 74.4 cm³/mol. The molecule has 0 aliphatic carbocycles. The molecule has 0 saturated heterocycles. The van der Waals surface area contributed by atoms with Crippen LogP contribution in [0.2, 0.25) is 0 Å². The van der Waals surface area contributed by atoms with Gasteiger partial charge in [0.2, 0.25) is 0 Å². The number of ketones is 1. The molecule has 0 aliphatic heterocycles. The number of nitrogens with one attached hydrogen (secondary N) is 1. The number of carbonyl (C=O) groups is 1. The van der Waals surface area contributed by atoms with Crippen molar-refractivity contribution in [3.05, 3.63) is 56.9 Å². The van der Waals surface area contributed by atoms with Gasteiger partial charge in [-0.1, -0.05) is 12.1 Å². The van der Waals surface area contributed by atoms with Crippen LogP contribution >= 0.6 is 11.8 Å². The summed E-state index contributed by atoms with van der Waals surface area (Å²) in [4.78, 5) is 38.7. The number of aromatic nitrogens is 2. The first-order valence-corrected chi connectivity index (χ1v) is 6.78. The molecule has 1 heterocycles. The number of hydrogen-bond acceptors (Lipinski definition) is 4. The lowest BCUT2D eigenvalue weighted by Crippen LogP contribution is -2.36. The summed E-state index contributed by atoms with van der Waals surface area (Å²) in [5, 5.41) is 0. The molecule has 6 heteroatoms. The minimum Gasteiger partial charge on any atom is -0.313 e. The number of Topliss-reactive ketones (excluding diaryl/α,β-unsaturated/α-hetero) is 1. The second-order valence-electron chi connectivity index (χ2n) is 3.88. The fourth-order valence-corrected chi connectivity index (χ4v) is 2.34. The molecule has 19 heavy (non-hydrogen) atoms. The van der Waals surface area contributed by atoms with Gasteiger partial charge in [0.25, 0.3) is 5.56 Å². The molecule has 2 aromatic rings. The maximum absolute atomic E-state index is 12.2. The van der Waals surface area contributed by atoms with E-state index in [4.69, 9.17) is 0 Å². The number of rotatable bonds is 3. The molecule has 1 aromatic carbocycles. The van der Waals surface area contributed by atoms with Crippen molar-refractivity contribution in [3.63, 3.8) is 0 Å². The Labute approximate surface area is 113 Å². The predicted octanol–water partition coefficient (Wildman–Crippen LogP) is 1.45. The Morgan fingerprint density at radius 3 is 2.58 bits per heavy atom. The molecule has 0 radical (unpaired) electrons. The first-order valence-electron chi connectivity index (χ1n) is 5.55. The van der Waals surface area contributed by atoms with Crippen molar-refractivity contribution in [2.45, 2.75) is 11.8 Å². The first kappa shape index (κ1) is 13.4. The zero-order valence-electron chi connectivity index (χ0n) is 10.5. The maximum Gasteiger partial charge on any atom is 0.333 e. The highest BCUT2D eigenvalue weighted by molar-refractivity contribution is 7.98. The van der Waals surface area contributed by atoms with E-state index in [1.165, 1.54) is 18.7 Å². The standard InChI is InChI=1S/C13H12N2O3S/c1-8(16)9-7-14-13(18)15(12(9)17)10-5-3-4-6-11(10)19-2/h3-7H,1-2H3,(H,14,18). The van der Waals surface area contributed by atoms with Crippen LogP contribution in [0.5, 0.6) is 0 Å². The smallest absolute Gasteiger partial charge is 0.313 e. The number of aromatic amines is 1. The molecule has 0 unspecified atom stereocenters. The highest BCUT2D eigenvalue weighted by Crippen LogP contribution is 2.21. The summed E-state index contributed by atoms with van der Waals surface area (Å²) >= 11 is 1.42. The molecule has 1 aromatic heterocycles. The number of carbonyl (C=O) groups excluding carboxylic acids is 1. The van der Waals surface area contributed by atoms with Crippen LogP contribution in [-0.4, -0.2) is 21.6 Å². The minimum absolute atomic E-state index is 0.0319. The average molecular weight is 276 g/mol. The van der Waals surface area contributed by atoms with Gasteiger partial charge in [0.1, 0.15) is 0 Å². The Hall–Kier alpha value is -2.08. The summed E-state index contributed by atoms with van der Waals surface area (Å²) in [6.07, 6.45) is 3.01. The number of hydrogen-bond donors (Lipinski definition) is 1. The van der Waals surface area contributed by atoms with E-state index in [1.54, 1.807) is 12.1 Å². The van der Waals surface area contributed by atoms with Gasteiger partial charge in [0, 0.05) is 11.1 Å². The fraction of sp³-hybridized carbons (Fsp3) is 0.154. The Kier molecular flexibility index (Phi) is 3.71. The largest absolute Gasteiger partial charge is 0.333 e. The van der Waals surface area contributed by atoms with E-state index in [2.05, 4.69) is 4.98 Å². The second-order valence-corrected chi connectivity index (χ2v) is 4.72. The van der Waals surface area contributed by atoms with Crippen LogP contribution in [-0.2, 0) is 0 Å². The molecule has 0 aliphatic rings. The quantitative estimate of drug-likeness (QED) is 0.680. The van der Waals surface area contributed by atoms with Crippen LogP contribution in [0.25, 0.3) is 5.69 Å². The fourth-order valence-electron chi connectivity index (χ4n) is 1.76. The van der Waals surface area contributed by atoms with Crippen LogP contribution < -0.4 is 11.2 Å². The molecular formula is C13H12N2O3S. The highest BCUT2D eigenvalue weighted by atomic mass is 32.2. The Morgan fingerprint density at radius 1 is 1.26 bits per heavy atom. The van der Waals surface area contributed by atoms with Crippen molar-refractivity contribution in [2.75, 3.05) is 6.26 Å². The molecule has 0 spiro atoms. The van der Waals surface area contributed by atoms with Gasteiger partial charge in [-0.15, -0.1) is 11.8 Å². The van der Waals surface area contributed by atoms with Crippen molar-refractivity contribution in [2.24, 2.45) is 0 Å². The Bertz CT molecular complexity index is 746. The van der Waals surface area contributed by atoms with Crippen LogP contribution in [0.15, 0.2) is 44.9 Å². The molecule has 0 atom stereocenters. The van der Waals surface area contributed by atoms with Gasteiger partial charge in [-0.3, -0.25) is 9.59 Å². The van der Waals surface area contributed by atoms with E-state index in [0.29, 0.717) is 5.69 Å². The van der Waals surface area contributed by atoms with Gasteiger partial charge < -0.3 is 4.98 Å². The number of thioether (sulfide) groups is 1. The van der Waals surface area contributed by atoms with Crippen molar-refractivity contribution < 1.29 is 4.79 Å². The van der Waals surface area contributed by atoms with Gasteiger partial charge in [-0.05, 0) is 25.3 Å². The molecule has 0 saturated carbocycles. The van der Waals surface area contributed by atoms with Crippen LogP contribution in [0.1, 0.15) is 17.3 Å². The Balaban J connectivity index is 2.83. The molecule has 2 rings (SSSR count). The zero-order valence-corrected chi connectivity index (χ0v) is 11.3. The third-order valence-corrected chi connectivity index (χ3v) is 3.47. The topological polar surface area (TPSA) is 71.9 Å². The SMILES string of the molecule is CSc1ccccc1-n1c(=O)[nH]cc(C(C)=O)c1=O. The van der Waals surface area contributed by atoms with Gasteiger partial charge in [-0.2, -0.15) is 0 Å². The number of benzene rings is 1. The zero-order chi connectivity index (χ0) is 14.0. The van der Waals surface area contributed by atoms with Gasteiger partial charge in [-0.25, -0.2) is 9.36 Å².